The average Bonchev–Trinajstić information content (AvgIpc) is 4.16. The molecule has 4 aliphatic rings. The predicted molar refractivity (Wildman–Crippen MR) is 326 cm³/mol. The molecular weight excluding hydrogens is 957 g/mol. The first-order chi connectivity index (χ1) is 36.7. The van der Waals surface area contributed by atoms with Crippen molar-refractivity contribution < 1.29 is 0 Å². The van der Waals surface area contributed by atoms with Crippen LogP contribution in [0.2, 0.25) is 0 Å². The Morgan fingerprint density at radius 3 is 0.803 bits per heavy atom. The number of para-hydroxylation sites is 4. The molecule has 0 saturated heterocycles. The van der Waals surface area contributed by atoms with E-state index in [0.717, 1.165) is 0 Å². The van der Waals surface area contributed by atoms with Crippen LogP contribution in [0.3, 0.4) is 0 Å². The van der Waals surface area contributed by atoms with Crippen LogP contribution in [0.4, 0.5) is 34.1 Å². The van der Waals surface area contributed by atoms with E-state index in [0.29, 0.717) is 0 Å². The van der Waals surface area contributed by atoms with Crippen molar-refractivity contribution >= 4 is 97.1 Å². The Morgan fingerprint density at radius 1 is 0.263 bits per heavy atom. The zero-order valence-electron chi connectivity index (χ0n) is 44.2. The molecule has 0 N–H and O–H groups in total. The molecule has 4 aliphatic heterocycles. The van der Waals surface area contributed by atoms with E-state index in [1.165, 1.54) is 152 Å². The van der Waals surface area contributed by atoms with Crippen molar-refractivity contribution in [3.8, 4) is 33.4 Å². The van der Waals surface area contributed by atoms with E-state index in [9.17, 15) is 0 Å². The van der Waals surface area contributed by atoms with E-state index in [1.54, 1.807) is 0 Å². The number of fused-ring (bicyclic) bond motifs is 14. The van der Waals surface area contributed by atoms with Crippen molar-refractivity contribution in [3.05, 3.63) is 239 Å². The Hall–Kier alpha value is -7.76. The highest BCUT2D eigenvalue weighted by atomic mass is 32.1. The van der Waals surface area contributed by atoms with Gasteiger partial charge in [0.25, 0.3) is 0 Å². The molecule has 16 rings (SSSR count). The quantitative estimate of drug-likeness (QED) is 0.174. The molecule has 0 spiro atoms. The number of hydrogen-bond donors (Lipinski definition) is 0. The molecule has 2 aromatic heterocycles. The molecule has 0 bridgehead atoms. The standard InChI is InChI=1S/C72H56N2S2/c1-69(2)51-29-9-13-33-59(51)73-60-34-14-10-30-52(60)70(3,4)56-38-41(37-55(69)63(56)73)43-21-17-23-45-47-25-19-27-49(67(47)75-65(43)45)50-28-20-26-48-46-24-18-22-44(66(46)76-68(48)50)42-39-57-64-58(40-42)72(7,8)54-32-12-16-36-62(54)74(64)61-35-15-11-31-53(61)71(57,5)6/h9-40H,1-8H3. The van der Waals surface area contributed by atoms with Gasteiger partial charge in [-0.15, -0.1) is 22.7 Å². The maximum Gasteiger partial charge on any atom is 0.0544 e. The fraction of sp³-hybridized carbons (Fsp3) is 0.167. The van der Waals surface area contributed by atoms with E-state index < -0.39 is 0 Å². The lowest BCUT2D eigenvalue weighted by molar-refractivity contribution is 0.597. The molecule has 12 aromatic rings. The second kappa shape index (κ2) is 15.0. The van der Waals surface area contributed by atoms with Gasteiger partial charge in [0.1, 0.15) is 0 Å². The number of benzene rings is 10. The Labute approximate surface area is 453 Å². The molecular formula is C72H56N2S2. The fourth-order valence-electron chi connectivity index (χ4n) is 14.6. The van der Waals surface area contributed by atoms with Gasteiger partial charge in [0.2, 0.25) is 0 Å². The van der Waals surface area contributed by atoms with Gasteiger partial charge in [-0.25, -0.2) is 0 Å². The maximum absolute atomic E-state index is 2.57. The summed E-state index contributed by atoms with van der Waals surface area (Å²) in [4.78, 5) is 5.13. The molecule has 0 saturated carbocycles. The van der Waals surface area contributed by atoms with Crippen LogP contribution in [0.15, 0.2) is 194 Å². The minimum atomic E-state index is -0.206. The van der Waals surface area contributed by atoms with Crippen LogP contribution < -0.4 is 9.80 Å². The van der Waals surface area contributed by atoms with E-state index in [1.807, 2.05) is 22.7 Å². The number of nitrogens with zero attached hydrogens (tertiary/aromatic N) is 2. The molecule has 0 radical (unpaired) electrons. The molecule has 2 nitrogen and oxygen atoms in total. The third-order valence-electron chi connectivity index (χ3n) is 18.6. The van der Waals surface area contributed by atoms with Crippen LogP contribution in [-0.2, 0) is 21.7 Å². The van der Waals surface area contributed by atoms with Crippen molar-refractivity contribution in [1.29, 1.82) is 0 Å². The fourth-order valence-corrected chi connectivity index (χ4v) is 17.3. The lowest BCUT2D eigenvalue weighted by Gasteiger charge is -2.49. The molecule has 0 atom stereocenters. The Morgan fingerprint density at radius 2 is 0.513 bits per heavy atom. The second-order valence-electron chi connectivity index (χ2n) is 24.0. The summed E-state index contributed by atoms with van der Waals surface area (Å²) in [6, 6.07) is 74.5. The summed E-state index contributed by atoms with van der Waals surface area (Å²) in [5.74, 6) is 0. The number of thiophene rings is 2. The average molecular weight is 1010 g/mol. The summed E-state index contributed by atoms with van der Waals surface area (Å²) < 4.78 is 5.36. The smallest absolute Gasteiger partial charge is 0.0544 e. The van der Waals surface area contributed by atoms with Crippen LogP contribution in [0.25, 0.3) is 73.7 Å². The first kappa shape index (κ1) is 44.5. The number of anilines is 6. The minimum absolute atomic E-state index is 0.206. The highest BCUT2D eigenvalue weighted by Gasteiger charge is 2.47. The molecule has 6 heterocycles. The first-order valence-electron chi connectivity index (χ1n) is 27.0. The Bertz CT molecular complexity index is 4100. The second-order valence-corrected chi connectivity index (χ2v) is 26.1. The van der Waals surface area contributed by atoms with Gasteiger partial charge in [0, 0.05) is 73.1 Å². The van der Waals surface area contributed by atoms with Gasteiger partial charge in [0.15, 0.2) is 0 Å². The largest absolute Gasteiger partial charge is 0.309 e. The summed E-state index contributed by atoms with van der Waals surface area (Å²) in [5.41, 5.74) is 25.8. The number of hydrogen-bond acceptors (Lipinski definition) is 4. The third kappa shape index (κ3) is 5.61. The SMILES string of the molecule is CC1(C)c2ccccc2N2c3ccccc3C(C)(C)c3cc(-c4cccc5c4sc4c(-c6cccc7c6sc6c(-c8cc9c%10c(c8)C(C)(C)c8ccccc8N%10c8ccccc8C9(C)C)cccc67)cccc45)cc1c32. The summed E-state index contributed by atoms with van der Waals surface area (Å²) in [6.45, 7) is 19.4. The lowest BCUT2D eigenvalue weighted by atomic mass is 9.65. The normalized spacial score (nSPS) is 16.5. The lowest BCUT2D eigenvalue weighted by Crippen LogP contribution is -2.38. The van der Waals surface area contributed by atoms with Gasteiger partial charge in [-0.2, -0.15) is 0 Å². The van der Waals surface area contributed by atoms with E-state index in [4.69, 9.17) is 0 Å². The molecule has 76 heavy (non-hydrogen) atoms. The van der Waals surface area contributed by atoms with Crippen LogP contribution >= 0.6 is 22.7 Å². The number of rotatable bonds is 3. The van der Waals surface area contributed by atoms with Crippen LogP contribution in [-0.4, -0.2) is 0 Å². The molecule has 0 aliphatic carbocycles. The molecule has 0 unspecified atom stereocenters. The summed E-state index contributed by atoms with van der Waals surface area (Å²) in [6.07, 6.45) is 0. The van der Waals surface area contributed by atoms with Gasteiger partial charge in [-0.3, -0.25) is 0 Å². The first-order valence-corrected chi connectivity index (χ1v) is 28.6. The van der Waals surface area contributed by atoms with Gasteiger partial charge in [-0.05, 0) is 115 Å². The van der Waals surface area contributed by atoms with Crippen molar-refractivity contribution in [2.75, 3.05) is 9.80 Å². The summed E-state index contributed by atoms with van der Waals surface area (Å²) in [5, 5.41) is 5.27. The highest BCUT2D eigenvalue weighted by Crippen LogP contribution is 2.63. The van der Waals surface area contributed by atoms with Crippen molar-refractivity contribution in [1.82, 2.24) is 0 Å². The maximum atomic E-state index is 2.57. The van der Waals surface area contributed by atoms with Crippen molar-refractivity contribution in [2.45, 2.75) is 77.0 Å². The molecule has 0 amide bonds. The van der Waals surface area contributed by atoms with E-state index in [-0.39, 0.29) is 21.7 Å². The predicted octanol–water partition coefficient (Wildman–Crippen LogP) is 20.9. The van der Waals surface area contributed by atoms with Crippen molar-refractivity contribution in [2.24, 2.45) is 0 Å². The van der Waals surface area contributed by atoms with Gasteiger partial charge >= 0.3 is 0 Å². The zero-order chi connectivity index (χ0) is 51.4. The summed E-state index contributed by atoms with van der Waals surface area (Å²) in [7, 11) is 0. The van der Waals surface area contributed by atoms with Gasteiger partial charge < -0.3 is 9.80 Å². The van der Waals surface area contributed by atoms with E-state index >= 15 is 0 Å². The van der Waals surface area contributed by atoms with Crippen LogP contribution in [0.5, 0.6) is 0 Å². The molecule has 0 fully saturated rings. The molecule has 10 aromatic carbocycles. The minimum Gasteiger partial charge on any atom is -0.309 e. The Balaban J connectivity index is 0.875. The van der Waals surface area contributed by atoms with E-state index in [2.05, 4.69) is 259 Å². The summed E-state index contributed by atoms with van der Waals surface area (Å²) >= 11 is 3.93. The topological polar surface area (TPSA) is 6.48 Å². The molecule has 4 heteroatoms. The highest BCUT2D eigenvalue weighted by molar-refractivity contribution is 7.28. The van der Waals surface area contributed by atoms with Gasteiger partial charge in [0.05, 0.1) is 34.1 Å². The van der Waals surface area contributed by atoms with Crippen LogP contribution in [0, 0.1) is 0 Å². The third-order valence-corrected chi connectivity index (χ3v) is 21.2. The zero-order valence-corrected chi connectivity index (χ0v) is 45.8. The monoisotopic (exact) mass is 1010 g/mol. The van der Waals surface area contributed by atoms with Crippen molar-refractivity contribution in [3.63, 3.8) is 0 Å². The van der Waals surface area contributed by atoms with Crippen LogP contribution in [0.1, 0.15) is 99.9 Å². The van der Waals surface area contributed by atoms with Gasteiger partial charge in [-0.1, -0.05) is 201 Å². The molecule has 366 valence electrons. The Kier molecular flexibility index (Phi) is 8.79.